The maximum absolute atomic E-state index is 11.3. The van der Waals surface area contributed by atoms with Gasteiger partial charge in [-0.15, -0.1) is 0 Å². The fourth-order valence-electron chi connectivity index (χ4n) is 2.81. The van der Waals surface area contributed by atoms with Crippen molar-refractivity contribution in [3.8, 4) is 0 Å². The number of carbonyl (C=O) groups excluding carboxylic acids is 1. The molecular formula is C12H21BrN2O2. The molecule has 0 aliphatic carbocycles. The standard InChI is InChI=1S/C12H21BrN2O2/c1-17-12(16)11(13)9-14-7-4-10(8-14)15-5-2-3-6-15/h10-11H,2-9H2,1H3. The van der Waals surface area contributed by atoms with Crippen LogP contribution in [0.1, 0.15) is 19.3 Å². The first kappa shape index (κ1) is 13.3. The fourth-order valence-corrected chi connectivity index (χ4v) is 3.41. The van der Waals surface area contributed by atoms with E-state index in [2.05, 4.69) is 25.7 Å². The molecular weight excluding hydrogens is 284 g/mol. The molecule has 2 heterocycles. The molecule has 0 aromatic carbocycles. The number of hydrogen-bond donors (Lipinski definition) is 0. The number of halogens is 1. The number of esters is 1. The lowest BCUT2D eigenvalue weighted by atomic mass is 10.2. The maximum atomic E-state index is 11.3. The van der Waals surface area contributed by atoms with Gasteiger partial charge in [0, 0.05) is 19.1 Å². The zero-order valence-corrected chi connectivity index (χ0v) is 12.0. The van der Waals surface area contributed by atoms with Gasteiger partial charge in [-0.2, -0.15) is 0 Å². The molecule has 0 N–H and O–H groups in total. The van der Waals surface area contributed by atoms with E-state index in [0.29, 0.717) is 6.04 Å². The number of rotatable bonds is 4. The summed E-state index contributed by atoms with van der Waals surface area (Å²) in [5.41, 5.74) is 0. The van der Waals surface area contributed by atoms with Gasteiger partial charge in [0.1, 0.15) is 4.83 Å². The molecule has 4 nitrogen and oxygen atoms in total. The summed E-state index contributed by atoms with van der Waals surface area (Å²) in [5.74, 6) is -0.172. The topological polar surface area (TPSA) is 32.8 Å². The van der Waals surface area contributed by atoms with Crippen LogP contribution in [0.15, 0.2) is 0 Å². The summed E-state index contributed by atoms with van der Waals surface area (Å²) in [6, 6.07) is 0.704. The summed E-state index contributed by atoms with van der Waals surface area (Å²) in [6.45, 7) is 5.47. The van der Waals surface area contributed by atoms with Crippen LogP contribution in [0.25, 0.3) is 0 Å². The number of carbonyl (C=O) groups is 1. The third-order valence-electron chi connectivity index (χ3n) is 3.78. The highest BCUT2D eigenvalue weighted by Crippen LogP contribution is 2.21. The Bertz CT molecular complexity index is 269. The van der Waals surface area contributed by atoms with Gasteiger partial charge in [0.25, 0.3) is 0 Å². The number of ether oxygens (including phenoxy) is 1. The van der Waals surface area contributed by atoms with E-state index >= 15 is 0 Å². The smallest absolute Gasteiger partial charge is 0.320 e. The minimum atomic E-state index is -0.190. The van der Waals surface area contributed by atoms with E-state index in [4.69, 9.17) is 4.74 Å². The first-order valence-electron chi connectivity index (χ1n) is 6.39. The van der Waals surface area contributed by atoms with Crippen LogP contribution < -0.4 is 0 Å². The Balaban J connectivity index is 1.75. The van der Waals surface area contributed by atoms with Crippen LogP contribution in [0, 0.1) is 0 Å². The zero-order chi connectivity index (χ0) is 12.3. The molecule has 0 spiro atoms. The van der Waals surface area contributed by atoms with Crippen molar-refractivity contribution in [1.29, 1.82) is 0 Å². The summed E-state index contributed by atoms with van der Waals surface area (Å²) < 4.78 is 4.73. The third kappa shape index (κ3) is 3.42. The molecule has 2 rings (SSSR count). The van der Waals surface area contributed by atoms with Gasteiger partial charge >= 0.3 is 5.97 Å². The van der Waals surface area contributed by atoms with E-state index in [9.17, 15) is 4.79 Å². The highest BCUT2D eigenvalue weighted by atomic mass is 79.9. The Hall–Kier alpha value is -0.130. The van der Waals surface area contributed by atoms with E-state index in [1.807, 2.05) is 0 Å². The summed E-state index contributed by atoms with van der Waals surface area (Å²) in [6.07, 6.45) is 3.93. The molecule has 0 bridgehead atoms. The molecule has 0 saturated carbocycles. The molecule has 0 aromatic heterocycles. The van der Waals surface area contributed by atoms with Crippen molar-refractivity contribution in [2.24, 2.45) is 0 Å². The van der Waals surface area contributed by atoms with E-state index in [0.717, 1.165) is 19.6 Å². The van der Waals surface area contributed by atoms with Crippen molar-refractivity contribution in [2.45, 2.75) is 30.1 Å². The van der Waals surface area contributed by atoms with Crippen molar-refractivity contribution < 1.29 is 9.53 Å². The van der Waals surface area contributed by atoms with Crippen LogP contribution in [-0.4, -0.2) is 66.5 Å². The van der Waals surface area contributed by atoms with Crippen LogP contribution in [0.4, 0.5) is 0 Å². The molecule has 0 radical (unpaired) electrons. The molecule has 2 aliphatic heterocycles. The van der Waals surface area contributed by atoms with Crippen LogP contribution in [-0.2, 0) is 9.53 Å². The van der Waals surface area contributed by atoms with Crippen molar-refractivity contribution in [2.75, 3.05) is 39.8 Å². The summed E-state index contributed by atoms with van der Waals surface area (Å²) in [4.78, 5) is 16.1. The van der Waals surface area contributed by atoms with Gasteiger partial charge in [-0.3, -0.25) is 9.69 Å². The average molecular weight is 305 g/mol. The van der Waals surface area contributed by atoms with Crippen molar-refractivity contribution >= 4 is 21.9 Å². The second-order valence-corrected chi connectivity index (χ2v) is 6.04. The molecule has 0 amide bonds. The SMILES string of the molecule is COC(=O)C(Br)CN1CCC(N2CCCC2)C1. The predicted octanol–water partition coefficient (Wildman–Crippen LogP) is 1.09. The van der Waals surface area contributed by atoms with Gasteiger partial charge in [-0.25, -0.2) is 0 Å². The Morgan fingerprint density at radius 3 is 2.76 bits per heavy atom. The average Bonchev–Trinajstić information content (AvgIpc) is 2.97. The minimum absolute atomic E-state index is 0.172. The number of nitrogens with zero attached hydrogens (tertiary/aromatic N) is 2. The van der Waals surface area contributed by atoms with E-state index in [1.165, 1.54) is 39.5 Å². The second kappa shape index (κ2) is 6.16. The number of likely N-dealkylation sites (tertiary alicyclic amines) is 2. The van der Waals surface area contributed by atoms with Gasteiger partial charge in [0.05, 0.1) is 7.11 Å². The molecule has 2 fully saturated rings. The largest absolute Gasteiger partial charge is 0.468 e. The second-order valence-electron chi connectivity index (χ2n) is 4.94. The Labute approximate surface area is 111 Å². The molecule has 2 saturated heterocycles. The molecule has 98 valence electrons. The lowest BCUT2D eigenvalue weighted by molar-refractivity contribution is -0.140. The molecule has 2 unspecified atom stereocenters. The normalized spacial score (nSPS) is 28.5. The molecule has 5 heteroatoms. The lowest BCUT2D eigenvalue weighted by Crippen LogP contribution is -2.38. The fraction of sp³-hybridized carbons (Fsp3) is 0.917. The van der Waals surface area contributed by atoms with E-state index < -0.39 is 0 Å². The quantitative estimate of drug-likeness (QED) is 0.575. The monoisotopic (exact) mass is 304 g/mol. The van der Waals surface area contributed by atoms with Gasteiger partial charge in [-0.05, 0) is 38.9 Å². The van der Waals surface area contributed by atoms with Crippen LogP contribution in [0.3, 0.4) is 0 Å². The van der Waals surface area contributed by atoms with Crippen LogP contribution in [0.2, 0.25) is 0 Å². The van der Waals surface area contributed by atoms with Gasteiger partial charge < -0.3 is 9.64 Å². The lowest BCUT2D eigenvalue weighted by Gasteiger charge is -2.24. The third-order valence-corrected chi connectivity index (χ3v) is 4.44. The predicted molar refractivity (Wildman–Crippen MR) is 70.4 cm³/mol. The number of alkyl halides is 1. The van der Waals surface area contributed by atoms with Gasteiger partial charge in [-0.1, -0.05) is 15.9 Å². The highest BCUT2D eigenvalue weighted by Gasteiger charge is 2.31. The molecule has 2 atom stereocenters. The maximum Gasteiger partial charge on any atom is 0.320 e. The minimum Gasteiger partial charge on any atom is -0.468 e. The first-order chi connectivity index (χ1) is 8.20. The Kier molecular flexibility index (Phi) is 4.82. The first-order valence-corrected chi connectivity index (χ1v) is 7.30. The van der Waals surface area contributed by atoms with Crippen molar-refractivity contribution in [1.82, 2.24) is 9.80 Å². The summed E-state index contributed by atoms with van der Waals surface area (Å²) in [7, 11) is 1.44. The Morgan fingerprint density at radius 1 is 1.41 bits per heavy atom. The number of methoxy groups -OCH3 is 1. The van der Waals surface area contributed by atoms with Crippen molar-refractivity contribution in [3.63, 3.8) is 0 Å². The molecule has 17 heavy (non-hydrogen) atoms. The van der Waals surface area contributed by atoms with Crippen molar-refractivity contribution in [3.05, 3.63) is 0 Å². The van der Waals surface area contributed by atoms with E-state index in [1.54, 1.807) is 0 Å². The van der Waals surface area contributed by atoms with Gasteiger partial charge in [0.15, 0.2) is 0 Å². The van der Waals surface area contributed by atoms with Gasteiger partial charge in [0.2, 0.25) is 0 Å². The molecule has 2 aliphatic rings. The van der Waals surface area contributed by atoms with Crippen LogP contribution >= 0.6 is 15.9 Å². The molecule has 0 aromatic rings. The summed E-state index contributed by atoms with van der Waals surface area (Å²) in [5, 5.41) is 0. The number of hydrogen-bond acceptors (Lipinski definition) is 4. The highest BCUT2D eigenvalue weighted by molar-refractivity contribution is 9.10. The zero-order valence-electron chi connectivity index (χ0n) is 10.4. The summed E-state index contributed by atoms with van der Waals surface area (Å²) >= 11 is 3.39. The van der Waals surface area contributed by atoms with Crippen LogP contribution in [0.5, 0.6) is 0 Å². The Morgan fingerprint density at radius 2 is 2.12 bits per heavy atom. The van der Waals surface area contributed by atoms with E-state index in [-0.39, 0.29) is 10.8 Å².